The van der Waals surface area contributed by atoms with Crippen LogP contribution in [0.15, 0.2) is 24.3 Å². The van der Waals surface area contributed by atoms with Crippen LogP contribution in [0, 0.1) is 18.3 Å². The highest BCUT2D eigenvalue weighted by Gasteiger charge is 2.36. The molecule has 0 spiro atoms. The van der Waals surface area contributed by atoms with E-state index in [0.717, 1.165) is 19.3 Å². The molecule has 1 rings (SSSR count). The normalized spacial score (nSPS) is 13.7. The summed E-state index contributed by atoms with van der Waals surface area (Å²) in [5, 5.41) is 5.66. The highest BCUT2D eigenvalue weighted by molar-refractivity contribution is 5.92. The van der Waals surface area contributed by atoms with E-state index < -0.39 is 23.8 Å². The van der Waals surface area contributed by atoms with Crippen molar-refractivity contribution in [1.29, 1.82) is 0 Å². The molecule has 7 heteroatoms. The topological polar surface area (TPSA) is 87.7 Å². The van der Waals surface area contributed by atoms with Gasteiger partial charge in [0.05, 0.1) is 0 Å². The second-order valence-electron chi connectivity index (χ2n) is 9.59. The van der Waals surface area contributed by atoms with E-state index in [1.54, 1.807) is 52.1 Å². The molecule has 3 unspecified atom stereocenters. The van der Waals surface area contributed by atoms with Gasteiger partial charge in [0.25, 0.3) is 0 Å². The molecule has 0 saturated carbocycles. The largest absolute Gasteiger partial charge is 0.444 e. The van der Waals surface area contributed by atoms with Crippen molar-refractivity contribution in [3.63, 3.8) is 0 Å². The van der Waals surface area contributed by atoms with Crippen molar-refractivity contribution in [2.24, 2.45) is 5.92 Å². The number of ether oxygens (including phenoxy) is 1. The van der Waals surface area contributed by atoms with E-state index in [2.05, 4.69) is 23.5 Å². The predicted octanol–water partition coefficient (Wildman–Crippen LogP) is 4.41. The molecule has 1 aromatic rings. The fourth-order valence-corrected chi connectivity index (χ4v) is 3.54. The van der Waals surface area contributed by atoms with Crippen molar-refractivity contribution in [3.8, 4) is 12.3 Å². The summed E-state index contributed by atoms with van der Waals surface area (Å²) in [6.45, 7) is 11.7. The summed E-state index contributed by atoms with van der Waals surface area (Å²) in [6, 6.07) is 5.29. The van der Waals surface area contributed by atoms with Gasteiger partial charge in [-0.15, -0.1) is 6.42 Å². The lowest BCUT2D eigenvalue weighted by molar-refractivity contribution is -0.141. The third kappa shape index (κ3) is 8.74. The number of benzene rings is 1. The van der Waals surface area contributed by atoms with Crippen LogP contribution in [-0.2, 0) is 14.3 Å². The summed E-state index contributed by atoms with van der Waals surface area (Å²) in [5.74, 6) is 1.73. The van der Waals surface area contributed by atoms with E-state index in [9.17, 15) is 14.4 Å². The first-order valence-electron chi connectivity index (χ1n) is 12.1. The second kappa shape index (κ2) is 13.6. The van der Waals surface area contributed by atoms with Crippen LogP contribution >= 0.6 is 0 Å². The maximum absolute atomic E-state index is 13.7. The Labute approximate surface area is 205 Å². The van der Waals surface area contributed by atoms with E-state index in [4.69, 9.17) is 11.2 Å². The number of hydrogen-bond donors (Lipinski definition) is 2. The first-order valence-corrected chi connectivity index (χ1v) is 12.1. The van der Waals surface area contributed by atoms with Crippen LogP contribution in [0.2, 0.25) is 0 Å². The maximum atomic E-state index is 13.7. The van der Waals surface area contributed by atoms with Gasteiger partial charge < -0.3 is 20.3 Å². The standard InChI is InChI=1S/C27H41N3O4/c1-9-12-15-18-28-24(31)23(21-17-14-13-16-20(21)11-3)30(8)25(32)22(19(4)10-2)29-26(33)34-27(5,6)7/h3,13-14,16-17,19,22-23H,9-10,12,15,18H2,1-2,4-8H3,(H,28,31)(H,29,33). The van der Waals surface area contributed by atoms with Crippen LogP contribution in [-0.4, -0.2) is 48.0 Å². The number of hydrogen-bond acceptors (Lipinski definition) is 4. The third-order valence-corrected chi connectivity index (χ3v) is 5.62. The average Bonchev–Trinajstić information content (AvgIpc) is 2.78. The van der Waals surface area contributed by atoms with Gasteiger partial charge >= 0.3 is 6.09 Å². The van der Waals surface area contributed by atoms with Gasteiger partial charge in [-0.2, -0.15) is 0 Å². The van der Waals surface area contributed by atoms with Gasteiger partial charge in [0.2, 0.25) is 11.8 Å². The molecule has 0 saturated heterocycles. The number of carbonyl (C=O) groups excluding carboxylic acids is 3. The highest BCUT2D eigenvalue weighted by Crippen LogP contribution is 2.25. The zero-order valence-electron chi connectivity index (χ0n) is 21.7. The lowest BCUT2D eigenvalue weighted by atomic mass is 9.94. The van der Waals surface area contributed by atoms with E-state index >= 15 is 0 Å². The molecule has 0 aliphatic heterocycles. The van der Waals surface area contributed by atoms with E-state index in [0.29, 0.717) is 24.1 Å². The van der Waals surface area contributed by atoms with Crippen molar-refractivity contribution in [2.45, 2.75) is 84.9 Å². The van der Waals surface area contributed by atoms with Crippen LogP contribution in [0.25, 0.3) is 0 Å². The predicted molar refractivity (Wildman–Crippen MR) is 135 cm³/mol. The number of amides is 3. The van der Waals surface area contributed by atoms with Gasteiger partial charge in [-0.25, -0.2) is 4.79 Å². The average molecular weight is 472 g/mol. The number of nitrogens with zero attached hydrogens (tertiary/aromatic N) is 1. The minimum Gasteiger partial charge on any atom is -0.444 e. The maximum Gasteiger partial charge on any atom is 0.408 e. The van der Waals surface area contributed by atoms with Crippen LogP contribution in [0.5, 0.6) is 0 Å². The molecule has 0 fully saturated rings. The Hall–Kier alpha value is -3.01. The van der Waals surface area contributed by atoms with Crippen molar-refractivity contribution >= 4 is 17.9 Å². The number of likely N-dealkylation sites (N-methyl/N-ethyl adjacent to an activating group) is 1. The molecule has 0 bridgehead atoms. The molecule has 7 nitrogen and oxygen atoms in total. The van der Waals surface area contributed by atoms with E-state index in [1.807, 2.05) is 13.8 Å². The first-order chi connectivity index (χ1) is 16.0. The highest BCUT2D eigenvalue weighted by atomic mass is 16.6. The summed E-state index contributed by atoms with van der Waals surface area (Å²) in [5.41, 5.74) is 0.399. The SMILES string of the molecule is C#Cc1ccccc1C(C(=O)NCCCCC)N(C)C(=O)C(NC(=O)OC(C)(C)C)C(C)CC. The Bertz CT molecular complexity index is 869. The van der Waals surface area contributed by atoms with Crippen molar-refractivity contribution in [1.82, 2.24) is 15.5 Å². The van der Waals surface area contributed by atoms with Crippen LogP contribution < -0.4 is 10.6 Å². The van der Waals surface area contributed by atoms with Crippen LogP contribution in [0.3, 0.4) is 0 Å². The zero-order chi connectivity index (χ0) is 25.9. The number of terminal acetylenes is 1. The van der Waals surface area contributed by atoms with E-state index in [-0.39, 0.29) is 17.7 Å². The first kappa shape index (κ1) is 29.0. The van der Waals surface area contributed by atoms with Crippen molar-refractivity contribution in [2.75, 3.05) is 13.6 Å². The van der Waals surface area contributed by atoms with Gasteiger partial charge in [-0.1, -0.05) is 64.2 Å². The fourth-order valence-electron chi connectivity index (χ4n) is 3.54. The molecular weight excluding hydrogens is 430 g/mol. The number of carbonyl (C=O) groups is 3. The fraction of sp³-hybridized carbons (Fsp3) is 0.593. The molecule has 1 aromatic carbocycles. The number of unbranched alkanes of at least 4 members (excludes halogenated alkanes) is 2. The summed E-state index contributed by atoms with van der Waals surface area (Å²) in [4.78, 5) is 40.8. The minimum absolute atomic E-state index is 0.182. The Morgan fingerprint density at radius 1 is 1.15 bits per heavy atom. The molecule has 0 aromatic heterocycles. The molecular formula is C27H41N3O4. The van der Waals surface area contributed by atoms with Gasteiger partial charge in [0.15, 0.2) is 0 Å². The molecule has 3 amide bonds. The zero-order valence-corrected chi connectivity index (χ0v) is 21.7. The molecule has 2 N–H and O–H groups in total. The lowest BCUT2D eigenvalue weighted by Crippen LogP contribution is -2.54. The quantitative estimate of drug-likeness (QED) is 0.370. The Balaban J connectivity index is 3.29. The van der Waals surface area contributed by atoms with Gasteiger partial charge in [0, 0.05) is 19.2 Å². The Morgan fingerprint density at radius 2 is 1.79 bits per heavy atom. The number of rotatable bonds is 11. The molecule has 3 atom stereocenters. The third-order valence-electron chi connectivity index (χ3n) is 5.62. The molecule has 0 radical (unpaired) electrons. The summed E-state index contributed by atoms with van der Waals surface area (Å²) < 4.78 is 5.37. The van der Waals surface area contributed by atoms with E-state index in [1.165, 1.54) is 4.90 Å². The van der Waals surface area contributed by atoms with Gasteiger partial charge in [-0.3, -0.25) is 9.59 Å². The van der Waals surface area contributed by atoms with Crippen LogP contribution in [0.1, 0.15) is 84.4 Å². The molecule has 34 heavy (non-hydrogen) atoms. The lowest BCUT2D eigenvalue weighted by Gasteiger charge is -2.34. The Morgan fingerprint density at radius 3 is 2.35 bits per heavy atom. The van der Waals surface area contributed by atoms with Gasteiger partial charge in [-0.05, 0) is 44.7 Å². The monoisotopic (exact) mass is 471 g/mol. The molecule has 0 heterocycles. The Kier molecular flexibility index (Phi) is 11.6. The van der Waals surface area contributed by atoms with Gasteiger partial charge in [0.1, 0.15) is 17.7 Å². The summed E-state index contributed by atoms with van der Waals surface area (Å²) in [6.07, 6.45) is 8.55. The van der Waals surface area contributed by atoms with Crippen molar-refractivity contribution in [3.05, 3.63) is 35.4 Å². The molecule has 0 aliphatic carbocycles. The smallest absolute Gasteiger partial charge is 0.408 e. The minimum atomic E-state index is -0.937. The van der Waals surface area contributed by atoms with Crippen LogP contribution in [0.4, 0.5) is 4.79 Å². The second-order valence-corrected chi connectivity index (χ2v) is 9.59. The number of nitrogens with one attached hydrogen (secondary N) is 2. The summed E-state index contributed by atoms with van der Waals surface area (Å²) >= 11 is 0. The summed E-state index contributed by atoms with van der Waals surface area (Å²) in [7, 11) is 1.57. The van der Waals surface area contributed by atoms with Crippen molar-refractivity contribution < 1.29 is 19.1 Å². The molecule has 0 aliphatic rings. The number of alkyl carbamates (subject to hydrolysis) is 1. The molecule has 188 valence electrons.